The van der Waals surface area contributed by atoms with Crippen LogP contribution in [0.4, 0.5) is 11.4 Å². The van der Waals surface area contributed by atoms with Crippen molar-refractivity contribution in [2.45, 2.75) is 24.3 Å². The predicted molar refractivity (Wildman–Crippen MR) is 120 cm³/mol. The number of carbonyl (C=O) groups is 1. The molecule has 1 atom stereocenters. The summed E-state index contributed by atoms with van der Waals surface area (Å²) >= 11 is 12.0. The Labute approximate surface area is 185 Å². The lowest BCUT2D eigenvalue weighted by molar-refractivity contribution is 0.102. The van der Waals surface area contributed by atoms with Gasteiger partial charge < -0.3 is 5.32 Å². The van der Waals surface area contributed by atoms with Gasteiger partial charge in [0.2, 0.25) is 0 Å². The molecule has 30 heavy (non-hydrogen) atoms. The van der Waals surface area contributed by atoms with Crippen LogP contribution in [0.25, 0.3) is 0 Å². The number of anilines is 2. The Balaban J connectivity index is 1.64. The highest BCUT2D eigenvalue weighted by Crippen LogP contribution is 2.37. The van der Waals surface area contributed by atoms with Gasteiger partial charge in [0, 0.05) is 16.6 Å². The molecule has 3 aromatic carbocycles. The number of nitrogens with zero attached hydrogens (tertiary/aromatic N) is 1. The summed E-state index contributed by atoms with van der Waals surface area (Å²) in [5.41, 5.74) is 2.33. The zero-order chi connectivity index (χ0) is 21.5. The molecule has 8 heteroatoms. The van der Waals surface area contributed by atoms with Crippen LogP contribution in [0, 0.1) is 0 Å². The first kappa shape index (κ1) is 20.7. The van der Waals surface area contributed by atoms with Gasteiger partial charge in [0.1, 0.15) is 0 Å². The van der Waals surface area contributed by atoms with E-state index in [0.29, 0.717) is 33.4 Å². The maximum absolute atomic E-state index is 13.2. The van der Waals surface area contributed by atoms with Crippen molar-refractivity contribution in [3.05, 3.63) is 87.9 Å². The minimum atomic E-state index is -3.75. The second kappa shape index (κ2) is 7.95. The van der Waals surface area contributed by atoms with Gasteiger partial charge in [0.25, 0.3) is 15.9 Å². The third kappa shape index (κ3) is 3.78. The number of para-hydroxylation sites is 1. The predicted octanol–water partition coefficient (Wildman–Crippen LogP) is 5.39. The van der Waals surface area contributed by atoms with E-state index in [-0.39, 0.29) is 16.8 Å². The second-order valence-corrected chi connectivity index (χ2v) is 9.74. The van der Waals surface area contributed by atoms with Crippen molar-refractivity contribution in [3.8, 4) is 0 Å². The van der Waals surface area contributed by atoms with E-state index in [0.717, 1.165) is 5.56 Å². The first-order valence-electron chi connectivity index (χ1n) is 9.26. The second-order valence-electron chi connectivity index (χ2n) is 7.09. The lowest BCUT2D eigenvalue weighted by Gasteiger charge is -2.24. The Bertz CT molecular complexity index is 1230. The molecule has 0 saturated carbocycles. The summed E-state index contributed by atoms with van der Waals surface area (Å²) in [5.74, 6) is -0.308. The molecule has 0 spiro atoms. The fourth-order valence-electron chi connectivity index (χ4n) is 3.59. The van der Waals surface area contributed by atoms with Crippen molar-refractivity contribution in [3.63, 3.8) is 0 Å². The zero-order valence-corrected chi connectivity index (χ0v) is 18.3. The summed E-state index contributed by atoms with van der Waals surface area (Å²) in [4.78, 5) is 12.8. The fourth-order valence-corrected chi connectivity index (χ4v) is 5.59. The number of carbonyl (C=O) groups excluding carboxylic acids is 1. The standard InChI is InChI=1S/C22H18Cl2N2O3S/c1-14-12-16-13-15(22(27)25-20-5-3-2-4-19(20)24)6-11-21(16)26(14)30(28,29)18-9-7-17(23)8-10-18/h2-11,13-14H,12H2,1H3,(H,25,27)/t14-/m1/s1. The first-order chi connectivity index (χ1) is 14.3. The molecule has 0 fully saturated rings. The Kier molecular flexibility index (Phi) is 5.49. The van der Waals surface area contributed by atoms with E-state index >= 15 is 0 Å². The van der Waals surface area contributed by atoms with Gasteiger partial charge in [-0.3, -0.25) is 9.10 Å². The van der Waals surface area contributed by atoms with Crippen LogP contribution in [0.1, 0.15) is 22.8 Å². The van der Waals surface area contributed by atoms with Gasteiger partial charge in [-0.15, -0.1) is 0 Å². The molecule has 0 radical (unpaired) electrons. The van der Waals surface area contributed by atoms with Crippen LogP contribution < -0.4 is 9.62 Å². The highest BCUT2D eigenvalue weighted by atomic mass is 35.5. The SMILES string of the molecule is C[C@@H]1Cc2cc(C(=O)Nc3ccccc3Cl)ccc2N1S(=O)(=O)c1ccc(Cl)cc1. The lowest BCUT2D eigenvalue weighted by Crippen LogP contribution is -2.35. The van der Waals surface area contributed by atoms with E-state index in [1.165, 1.54) is 16.4 Å². The zero-order valence-electron chi connectivity index (χ0n) is 16.0. The lowest BCUT2D eigenvalue weighted by atomic mass is 10.1. The van der Waals surface area contributed by atoms with Gasteiger partial charge in [0.15, 0.2) is 0 Å². The molecule has 3 aromatic rings. The van der Waals surface area contributed by atoms with Gasteiger partial charge in [0.05, 0.1) is 21.3 Å². The average molecular weight is 461 g/mol. The van der Waals surface area contributed by atoms with E-state index in [2.05, 4.69) is 5.32 Å². The van der Waals surface area contributed by atoms with Gasteiger partial charge in [-0.25, -0.2) is 8.42 Å². The topological polar surface area (TPSA) is 66.5 Å². The summed E-state index contributed by atoms with van der Waals surface area (Å²) in [6, 6.07) is 17.8. The number of halogens is 2. The molecule has 1 N–H and O–H groups in total. The number of benzene rings is 3. The number of fused-ring (bicyclic) bond motifs is 1. The smallest absolute Gasteiger partial charge is 0.264 e. The number of sulfonamides is 1. The molecule has 1 aliphatic rings. The number of rotatable bonds is 4. The van der Waals surface area contributed by atoms with E-state index in [1.54, 1.807) is 54.6 Å². The maximum atomic E-state index is 13.2. The quantitative estimate of drug-likeness (QED) is 0.567. The Morgan fingerprint density at radius 1 is 1.03 bits per heavy atom. The van der Waals surface area contributed by atoms with Gasteiger partial charge >= 0.3 is 0 Å². The van der Waals surface area contributed by atoms with Crippen LogP contribution in [-0.4, -0.2) is 20.4 Å². The minimum Gasteiger partial charge on any atom is -0.321 e. The molecule has 0 bridgehead atoms. The summed E-state index contributed by atoms with van der Waals surface area (Å²) in [7, 11) is -3.75. The Morgan fingerprint density at radius 3 is 2.43 bits per heavy atom. The molecule has 1 heterocycles. The normalized spacial score (nSPS) is 15.7. The van der Waals surface area contributed by atoms with E-state index in [4.69, 9.17) is 23.2 Å². The summed E-state index contributed by atoms with van der Waals surface area (Å²) in [6.07, 6.45) is 0.509. The number of amides is 1. The highest BCUT2D eigenvalue weighted by Gasteiger charge is 2.36. The van der Waals surface area contributed by atoms with Crippen LogP contribution in [0.5, 0.6) is 0 Å². The number of hydrogen-bond acceptors (Lipinski definition) is 3. The Morgan fingerprint density at radius 2 is 1.73 bits per heavy atom. The highest BCUT2D eigenvalue weighted by molar-refractivity contribution is 7.92. The first-order valence-corrected chi connectivity index (χ1v) is 11.5. The molecule has 1 aliphatic heterocycles. The third-order valence-electron chi connectivity index (χ3n) is 4.99. The molecule has 0 aliphatic carbocycles. The van der Waals surface area contributed by atoms with Crippen molar-refractivity contribution in [1.82, 2.24) is 0 Å². The molecular weight excluding hydrogens is 443 g/mol. The molecule has 5 nitrogen and oxygen atoms in total. The van der Waals surface area contributed by atoms with Gasteiger partial charge in [-0.1, -0.05) is 35.3 Å². The molecule has 0 aromatic heterocycles. The van der Waals surface area contributed by atoms with Crippen LogP contribution in [0.3, 0.4) is 0 Å². The number of hydrogen-bond donors (Lipinski definition) is 1. The van der Waals surface area contributed by atoms with Crippen LogP contribution in [-0.2, 0) is 16.4 Å². The molecule has 0 unspecified atom stereocenters. The molecule has 1 amide bonds. The number of nitrogens with one attached hydrogen (secondary N) is 1. The molecule has 154 valence electrons. The summed E-state index contributed by atoms with van der Waals surface area (Å²) < 4.78 is 27.8. The fraction of sp³-hybridized carbons (Fsp3) is 0.136. The maximum Gasteiger partial charge on any atom is 0.264 e. The average Bonchev–Trinajstić information content (AvgIpc) is 3.05. The van der Waals surface area contributed by atoms with E-state index in [1.807, 2.05) is 6.92 Å². The summed E-state index contributed by atoms with van der Waals surface area (Å²) in [5, 5.41) is 3.70. The largest absolute Gasteiger partial charge is 0.321 e. The van der Waals surface area contributed by atoms with E-state index < -0.39 is 10.0 Å². The molecule has 4 rings (SSSR count). The Hall–Kier alpha value is -2.54. The van der Waals surface area contributed by atoms with Crippen molar-refractivity contribution in [2.24, 2.45) is 0 Å². The molecular formula is C22H18Cl2N2O3S. The van der Waals surface area contributed by atoms with Crippen molar-refractivity contribution < 1.29 is 13.2 Å². The van der Waals surface area contributed by atoms with Crippen LogP contribution >= 0.6 is 23.2 Å². The van der Waals surface area contributed by atoms with Crippen molar-refractivity contribution in [1.29, 1.82) is 0 Å². The molecule has 0 saturated heterocycles. The van der Waals surface area contributed by atoms with Crippen LogP contribution in [0.2, 0.25) is 10.0 Å². The van der Waals surface area contributed by atoms with Gasteiger partial charge in [-0.2, -0.15) is 0 Å². The third-order valence-corrected chi connectivity index (χ3v) is 7.51. The van der Waals surface area contributed by atoms with Crippen molar-refractivity contribution >= 4 is 50.5 Å². The van der Waals surface area contributed by atoms with E-state index in [9.17, 15) is 13.2 Å². The van der Waals surface area contributed by atoms with Crippen molar-refractivity contribution in [2.75, 3.05) is 9.62 Å². The van der Waals surface area contributed by atoms with Gasteiger partial charge in [-0.05, 0) is 73.5 Å². The minimum absolute atomic E-state index is 0.173. The monoisotopic (exact) mass is 460 g/mol. The van der Waals surface area contributed by atoms with Crippen LogP contribution in [0.15, 0.2) is 71.6 Å². The summed E-state index contributed by atoms with van der Waals surface area (Å²) in [6.45, 7) is 1.84.